The van der Waals surface area contributed by atoms with Crippen molar-refractivity contribution in [3.05, 3.63) is 53.1 Å². The number of amides is 1. The number of aryl methyl sites for hydroxylation is 1. The number of carbonyl (C=O) groups excluding carboxylic acids is 1. The molecular formula is C21H23NO4. The summed E-state index contributed by atoms with van der Waals surface area (Å²) in [6.45, 7) is 3.87. The number of hydrogen-bond acceptors (Lipinski definition) is 4. The maximum atomic E-state index is 13.1. The van der Waals surface area contributed by atoms with Crippen LogP contribution >= 0.6 is 0 Å². The third kappa shape index (κ3) is 2.98. The molecule has 5 nitrogen and oxygen atoms in total. The normalized spacial score (nSPS) is 18.7. The van der Waals surface area contributed by atoms with E-state index in [1.54, 1.807) is 7.11 Å². The molecule has 0 spiro atoms. The average molecular weight is 353 g/mol. The van der Waals surface area contributed by atoms with Crippen molar-refractivity contribution in [3.63, 3.8) is 0 Å². The number of nitrogens with zero attached hydrogens (tertiary/aromatic N) is 1. The van der Waals surface area contributed by atoms with Gasteiger partial charge in [-0.3, -0.25) is 4.79 Å². The number of ether oxygens (including phenoxy) is 3. The van der Waals surface area contributed by atoms with E-state index in [0.717, 1.165) is 47.8 Å². The predicted octanol–water partition coefficient (Wildman–Crippen LogP) is 3.75. The summed E-state index contributed by atoms with van der Waals surface area (Å²) < 4.78 is 16.7. The van der Waals surface area contributed by atoms with Gasteiger partial charge in [0.1, 0.15) is 19.0 Å². The Labute approximate surface area is 153 Å². The standard InChI is InChI=1S/C21H23NO4/c1-14-5-6-16(13-19(14)24-2)21(23)22-9-3-4-17(22)15-7-8-18-20(12-15)26-11-10-25-18/h5-8,12-13,17H,3-4,9-11H2,1-2H3/t17-/m0/s1. The van der Waals surface area contributed by atoms with Crippen molar-refractivity contribution in [2.24, 2.45) is 0 Å². The van der Waals surface area contributed by atoms with Gasteiger partial charge in [0.15, 0.2) is 11.5 Å². The summed E-state index contributed by atoms with van der Waals surface area (Å²) in [5.74, 6) is 2.33. The van der Waals surface area contributed by atoms with Crippen LogP contribution in [0.25, 0.3) is 0 Å². The molecule has 1 saturated heterocycles. The van der Waals surface area contributed by atoms with E-state index in [4.69, 9.17) is 14.2 Å². The lowest BCUT2D eigenvalue weighted by Gasteiger charge is -2.27. The summed E-state index contributed by atoms with van der Waals surface area (Å²) in [5, 5.41) is 0. The van der Waals surface area contributed by atoms with Crippen molar-refractivity contribution in [1.29, 1.82) is 0 Å². The first-order valence-electron chi connectivity index (χ1n) is 9.02. The second-order valence-electron chi connectivity index (χ2n) is 6.74. The highest BCUT2D eigenvalue weighted by atomic mass is 16.6. The van der Waals surface area contributed by atoms with Gasteiger partial charge >= 0.3 is 0 Å². The molecule has 1 atom stereocenters. The number of benzene rings is 2. The van der Waals surface area contributed by atoms with Gasteiger partial charge in [0.25, 0.3) is 5.91 Å². The van der Waals surface area contributed by atoms with Crippen LogP contribution in [0, 0.1) is 6.92 Å². The molecule has 0 bridgehead atoms. The molecule has 1 amide bonds. The van der Waals surface area contributed by atoms with Crippen LogP contribution in [0.4, 0.5) is 0 Å². The van der Waals surface area contributed by atoms with Crippen LogP contribution < -0.4 is 14.2 Å². The van der Waals surface area contributed by atoms with Gasteiger partial charge in [0.05, 0.1) is 13.2 Å². The lowest BCUT2D eigenvalue weighted by Crippen LogP contribution is -2.30. The van der Waals surface area contributed by atoms with Crippen molar-refractivity contribution in [2.75, 3.05) is 26.9 Å². The van der Waals surface area contributed by atoms with E-state index in [9.17, 15) is 4.79 Å². The lowest BCUT2D eigenvalue weighted by atomic mass is 10.0. The predicted molar refractivity (Wildman–Crippen MR) is 98.2 cm³/mol. The van der Waals surface area contributed by atoms with Crippen molar-refractivity contribution >= 4 is 5.91 Å². The second kappa shape index (κ2) is 6.90. The molecule has 0 aliphatic carbocycles. The molecule has 2 aromatic rings. The summed E-state index contributed by atoms with van der Waals surface area (Å²) in [7, 11) is 1.63. The minimum atomic E-state index is 0.0423. The molecule has 2 aliphatic rings. The summed E-state index contributed by atoms with van der Waals surface area (Å²) in [6, 6.07) is 11.7. The molecule has 0 N–H and O–H groups in total. The zero-order valence-corrected chi connectivity index (χ0v) is 15.2. The molecule has 4 rings (SSSR count). The summed E-state index contributed by atoms with van der Waals surface area (Å²) in [6.07, 6.45) is 1.95. The molecule has 2 heterocycles. The Kier molecular flexibility index (Phi) is 4.45. The number of fused-ring (bicyclic) bond motifs is 1. The summed E-state index contributed by atoms with van der Waals surface area (Å²) in [5.41, 5.74) is 2.78. The van der Waals surface area contributed by atoms with Gasteiger partial charge < -0.3 is 19.1 Å². The Morgan fingerprint density at radius 2 is 1.92 bits per heavy atom. The Morgan fingerprint density at radius 3 is 2.73 bits per heavy atom. The van der Waals surface area contributed by atoms with Gasteiger partial charge in [-0.1, -0.05) is 12.1 Å². The first-order valence-corrected chi connectivity index (χ1v) is 9.02. The van der Waals surface area contributed by atoms with Crippen LogP contribution in [0.15, 0.2) is 36.4 Å². The van der Waals surface area contributed by atoms with Crippen molar-refractivity contribution in [1.82, 2.24) is 4.90 Å². The van der Waals surface area contributed by atoms with Crippen LogP contribution in [0.3, 0.4) is 0 Å². The molecule has 136 valence electrons. The average Bonchev–Trinajstić information content (AvgIpc) is 3.17. The Bertz CT molecular complexity index is 833. The van der Waals surface area contributed by atoms with E-state index < -0.39 is 0 Å². The Morgan fingerprint density at radius 1 is 1.12 bits per heavy atom. The van der Waals surface area contributed by atoms with E-state index >= 15 is 0 Å². The SMILES string of the molecule is COc1cc(C(=O)N2CCC[C@H]2c2ccc3c(c2)OCCO3)ccc1C. The molecule has 26 heavy (non-hydrogen) atoms. The van der Waals surface area contributed by atoms with E-state index in [1.807, 2.05) is 48.2 Å². The first-order chi connectivity index (χ1) is 12.7. The van der Waals surface area contributed by atoms with E-state index in [1.165, 1.54) is 0 Å². The fourth-order valence-corrected chi connectivity index (χ4v) is 3.74. The molecule has 0 unspecified atom stereocenters. The molecule has 0 radical (unpaired) electrons. The quantitative estimate of drug-likeness (QED) is 0.843. The zero-order chi connectivity index (χ0) is 18.1. The molecular weight excluding hydrogens is 330 g/mol. The first kappa shape index (κ1) is 16.8. The van der Waals surface area contributed by atoms with Gasteiger partial charge in [-0.25, -0.2) is 0 Å². The highest BCUT2D eigenvalue weighted by Gasteiger charge is 2.31. The van der Waals surface area contributed by atoms with Gasteiger partial charge in [-0.2, -0.15) is 0 Å². The van der Waals surface area contributed by atoms with Crippen LogP contribution in [0.5, 0.6) is 17.2 Å². The van der Waals surface area contributed by atoms with Crippen molar-refractivity contribution in [2.45, 2.75) is 25.8 Å². The summed E-state index contributed by atoms with van der Waals surface area (Å²) >= 11 is 0. The van der Waals surface area contributed by atoms with E-state index in [-0.39, 0.29) is 11.9 Å². The molecule has 2 aliphatic heterocycles. The molecule has 1 fully saturated rings. The number of likely N-dealkylation sites (tertiary alicyclic amines) is 1. The molecule has 0 aromatic heterocycles. The van der Waals surface area contributed by atoms with Crippen molar-refractivity contribution in [3.8, 4) is 17.2 Å². The second-order valence-corrected chi connectivity index (χ2v) is 6.74. The van der Waals surface area contributed by atoms with Crippen LogP contribution in [0.1, 0.15) is 40.4 Å². The maximum Gasteiger partial charge on any atom is 0.254 e. The highest BCUT2D eigenvalue weighted by Crippen LogP contribution is 2.38. The molecule has 5 heteroatoms. The van der Waals surface area contributed by atoms with Crippen molar-refractivity contribution < 1.29 is 19.0 Å². The number of rotatable bonds is 3. The number of methoxy groups -OCH3 is 1. The maximum absolute atomic E-state index is 13.1. The summed E-state index contributed by atoms with van der Waals surface area (Å²) in [4.78, 5) is 15.1. The Balaban J connectivity index is 1.61. The minimum Gasteiger partial charge on any atom is -0.496 e. The fraction of sp³-hybridized carbons (Fsp3) is 0.381. The topological polar surface area (TPSA) is 48.0 Å². The van der Waals surface area contributed by atoms with E-state index in [0.29, 0.717) is 18.8 Å². The smallest absolute Gasteiger partial charge is 0.254 e. The largest absolute Gasteiger partial charge is 0.496 e. The monoisotopic (exact) mass is 353 g/mol. The third-order valence-electron chi connectivity index (χ3n) is 5.12. The van der Waals surface area contributed by atoms with Gasteiger partial charge in [-0.15, -0.1) is 0 Å². The fourth-order valence-electron chi connectivity index (χ4n) is 3.74. The van der Waals surface area contributed by atoms with Crippen LogP contribution in [0.2, 0.25) is 0 Å². The number of carbonyl (C=O) groups is 1. The zero-order valence-electron chi connectivity index (χ0n) is 15.2. The third-order valence-corrected chi connectivity index (χ3v) is 5.12. The van der Waals surface area contributed by atoms with Crippen LogP contribution in [-0.4, -0.2) is 37.7 Å². The lowest BCUT2D eigenvalue weighted by molar-refractivity contribution is 0.0734. The number of hydrogen-bond donors (Lipinski definition) is 0. The van der Waals surface area contributed by atoms with Gasteiger partial charge in [0.2, 0.25) is 0 Å². The van der Waals surface area contributed by atoms with Gasteiger partial charge in [0, 0.05) is 12.1 Å². The van der Waals surface area contributed by atoms with E-state index in [2.05, 4.69) is 0 Å². The molecule has 2 aromatic carbocycles. The van der Waals surface area contributed by atoms with Crippen LogP contribution in [-0.2, 0) is 0 Å². The highest BCUT2D eigenvalue weighted by molar-refractivity contribution is 5.95. The molecule has 0 saturated carbocycles. The Hall–Kier alpha value is -2.69. The van der Waals surface area contributed by atoms with Gasteiger partial charge in [-0.05, 0) is 55.2 Å². The minimum absolute atomic E-state index is 0.0423.